The Morgan fingerprint density at radius 2 is 1.65 bits per heavy atom. The van der Waals surface area contributed by atoms with Crippen LogP contribution in [-0.2, 0) is 13.1 Å². The number of likely N-dealkylation sites (N-methyl/N-ethyl adjacent to an activating group) is 1. The van der Waals surface area contributed by atoms with Crippen molar-refractivity contribution in [2.24, 2.45) is 0 Å². The van der Waals surface area contributed by atoms with Crippen molar-refractivity contribution < 1.29 is 9.84 Å². The fourth-order valence-corrected chi connectivity index (χ4v) is 3.97. The number of fused-ring (bicyclic) bond motifs is 1. The van der Waals surface area contributed by atoms with Crippen LogP contribution in [-0.4, -0.2) is 59.3 Å². The molecular formula is C25H32ClN3O2. The van der Waals surface area contributed by atoms with E-state index >= 15 is 0 Å². The van der Waals surface area contributed by atoms with E-state index in [2.05, 4.69) is 40.8 Å². The minimum absolute atomic E-state index is 0.452. The van der Waals surface area contributed by atoms with Crippen molar-refractivity contribution in [3.05, 3.63) is 70.7 Å². The van der Waals surface area contributed by atoms with E-state index in [1.54, 1.807) is 7.11 Å². The molecule has 1 heterocycles. The molecule has 1 atom stereocenters. The van der Waals surface area contributed by atoms with Crippen molar-refractivity contribution in [2.75, 3.05) is 33.3 Å². The van der Waals surface area contributed by atoms with Crippen molar-refractivity contribution in [3.63, 3.8) is 0 Å². The van der Waals surface area contributed by atoms with Gasteiger partial charge in [-0.1, -0.05) is 55.8 Å². The third kappa shape index (κ3) is 6.65. The average molecular weight is 442 g/mol. The molecule has 0 radical (unpaired) electrons. The summed E-state index contributed by atoms with van der Waals surface area (Å²) in [6.07, 6.45) is -0.452. The van der Waals surface area contributed by atoms with Crippen LogP contribution in [0, 0.1) is 0 Å². The van der Waals surface area contributed by atoms with E-state index < -0.39 is 6.10 Å². The first kappa shape index (κ1) is 23.5. The Kier molecular flexibility index (Phi) is 8.67. The fraction of sp³-hybridized carbons (Fsp3) is 0.400. The molecule has 0 amide bonds. The van der Waals surface area contributed by atoms with Gasteiger partial charge in [0.2, 0.25) is 5.88 Å². The van der Waals surface area contributed by atoms with E-state index in [1.807, 2.05) is 42.5 Å². The number of aliphatic hydroxyl groups excluding tert-OH is 1. The summed E-state index contributed by atoms with van der Waals surface area (Å²) in [4.78, 5) is 9.16. The maximum atomic E-state index is 10.8. The molecule has 3 aromatic rings. The standard InChI is InChI=1S/C25H32ClN3O2/c1-4-28(5-2)17-23(30)18-29(15-19-10-12-22(26)13-11-19)16-21-14-20-8-6-7-9-24(20)27-25(21)31-3/h6-14,23,30H,4-5,15-18H2,1-3H3. The Morgan fingerprint density at radius 3 is 2.32 bits per heavy atom. The zero-order valence-corrected chi connectivity index (χ0v) is 19.3. The molecule has 2 aromatic carbocycles. The SMILES string of the molecule is CCN(CC)CC(O)CN(Cc1ccc(Cl)cc1)Cc1cc2ccccc2nc1OC. The van der Waals surface area contributed by atoms with E-state index in [0.29, 0.717) is 32.1 Å². The molecule has 1 N–H and O–H groups in total. The summed E-state index contributed by atoms with van der Waals surface area (Å²) >= 11 is 6.06. The maximum absolute atomic E-state index is 10.8. The van der Waals surface area contributed by atoms with Gasteiger partial charge in [0.25, 0.3) is 0 Å². The van der Waals surface area contributed by atoms with Gasteiger partial charge >= 0.3 is 0 Å². The van der Waals surface area contributed by atoms with Crippen LogP contribution in [0.4, 0.5) is 0 Å². The molecule has 0 bridgehead atoms. The molecule has 31 heavy (non-hydrogen) atoms. The smallest absolute Gasteiger partial charge is 0.218 e. The molecule has 0 spiro atoms. The minimum atomic E-state index is -0.452. The van der Waals surface area contributed by atoms with Gasteiger partial charge in [-0.25, -0.2) is 4.98 Å². The summed E-state index contributed by atoms with van der Waals surface area (Å²) in [5.41, 5.74) is 3.06. The maximum Gasteiger partial charge on any atom is 0.218 e. The van der Waals surface area contributed by atoms with Crippen molar-refractivity contribution in [1.29, 1.82) is 0 Å². The first-order valence-electron chi connectivity index (χ1n) is 10.8. The number of aromatic nitrogens is 1. The van der Waals surface area contributed by atoms with Gasteiger partial charge in [0.05, 0.1) is 18.7 Å². The monoisotopic (exact) mass is 441 g/mol. The number of halogens is 1. The molecule has 0 saturated carbocycles. The quantitative estimate of drug-likeness (QED) is 0.471. The molecule has 6 heteroatoms. The van der Waals surface area contributed by atoms with Gasteiger partial charge in [0, 0.05) is 42.2 Å². The van der Waals surface area contributed by atoms with Gasteiger partial charge < -0.3 is 14.7 Å². The summed E-state index contributed by atoms with van der Waals surface area (Å²) in [6, 6.07) is 18.0. The van der Waals surface area contributed by atoms with Crippen LogP contribution in [0.25, 0.3) is 10.9 Å². The molecule has 0 aliphatic carbocycles. The van der Waals surface area contributed by atoms with Crippen molar-refractivity contribution in [1.82, 2.24) is 14.8 Å². The summed E-state index contributed by atoms with van der Waals surface area (Å²) < 4.78 is 5.60. The second kappa shape index (κ2) is 11.4. The minimum Gasteiger partial charge on any atom is -0.481 e. The zero-order chi connectivity index (χ0) is 22.2. The van der Waals surface area contributed by atoms with Gasteiger partial charge in [0.1, 0.15) is 0 Å². The highest BCUT2D eigenvalue weighted by Crippen LogP contribution is 2.24. The third-order valence-corrected chi connectivity index (χ3v) is 5.75. The van der Waals surface area contributed by atoms with Crippen LogP contribution in [0.15, 0.2) is 54.6 Å². The molecule has 166 valence electrons. The number of nitrogens with zero attached hydrogens (tertiary/aromatic N) is 3. The van der Waals surface area contributed by atoms with Crippen LogP contribution < -0.4 is 4.74 Å². The number of methoxy groups -OCH3 is 1. The molecule has 1 aromatic heterocycles. The Bertz CT molecular complexity index is 961. The number of benzene rings is 2. The number of pyridine rings is 1. The van der Waals surface area contributed by atoms with Gasteiger partial charge in [-0.2, -0.15) is 0 Å². The van der Waals surface area contributed by atoms with Crippen molar-refractivity contribution >= 4 is 22.5 Å². The van der Waals surface area contributed by atoms with Crippen LogP contribution in [0.2, 0.25) is 5.02 Å². The van der Waals surface area contributed by atoms with E-state index in [9.17, 15) is 5.11 Å². The summed E-state index contributed by atoms with van der Waals surface area (Å²) in [6.45, 7) is 8.61. The number of rotatable bonds is 11. The molecular weight excluding hydrogens is 410 g/mol. The predicted octanol–water partition coefficient (Wildman–Crippen LogP) is 4.60. The first-order chi connectivity index (χ1) is 15.0. The predicted molar refractivity (Wildman–Crippen MR) is 128 cm³/mol. The van der Waals surface area contributed by atoms with Crippen LogP contribution in [0.5, 0.6) is 5.88 Å². The number of hydrogen-bond acceptors (Lipinski definition) is 5. The second-order valence-electron chi connectivity index (χ2n) is 7.79. The van der Waals surface area contributed by atoms with E-state index in [1.165, 1.54) is 0 Å². The lowest BCUT2D eigenvalue weighted by molar-refractivity contribution is 0.0710. The first-order valence-corrected chi connectivity index (χ1v) is 11.2. The second-order valence-corrected chi connectivity index (χ2v) is 8.22. The van der Waals surface area contributed by atoms with Crippen LogP contribution in [0.3, 0.4) is 0 Å². The summed E-state index contributed by atoms with van der Waals surface area (Å²) in [7, 11) is 1.65. The largest absolute Gasteiger partial charge is 0.481 e. The Morgan fingerprint density at radius 1 is 0.968 bits per heavy atom. The highest BCUT2D eigenvalue weighted by Gasteiger charge is 2.18. The molecule has 0 fully saturated rings. The number of hydrogen-bond donors (Lipinski definition) is 1. The van der Waals surface area contributed by atoms with Crippen molar-refractivity contribution in [3.8, 4) is 5.88 Å². The third-order valence-electron chi connectivity index (χ3n) is 5.50. The molecule has 0 aliphatic heterocycles. The fourth-order valence-electron chi connectivity index (χ4n) is 3.84. The van der Waals surface area contributed by atoms with Gasteiger partial charge in [-0.3, -0.25) is 4.90 Å². The highest BCUT2D eigenvalue weighted by atomic mass is 35.5. The lowest BCUT2D eigenvalue weighted by atomic mass is 10.1. The zero-order valence-electron chi connectivity index (χ0n) is 18.6. The number of para-hydroxylation sites is 1. The Hall–Kier alpha value is -2.18. The van der Waals surface area contributed by atoms with Crippen LogP contribution >= 0.6 is 11.6 Å². The van der Waals surface area contributed by atoms with E-state index in [4.69, 9.17) is 16.3 Å². The van der Waals surface area contributed by atoms with E-state index in [-0.39, 0.29) is 0 Å². The van der Waals surface area contributed by atoms with Gasteiger partial charge in [-0.05, 0) is 42.9 Å². The molecule has 3 rings (SSSR count). The number of aliphatic hydroxyl groups is 1. The highest BCUT2D eigenvalue weighted by molar-refractivity contribution is 6.30. The summed E-state index contributed by atoms with van der Waals surface area (Å²) in [5.74, 6) is 0.623. The molecule has 0 aliphatic rings. The van der Waals surface area contributed by atoms with Gasteiger partial charge in [-0.15, -0.1) is 0 Å². The van der Waals surface area contributed by atoms with Crippen molar-refractivity contribution in [2.45, 2.75) is 33.0 Å². The lowest BCUT2D eigenvalue weighted by Gasteiger charge is -2.28. The molecule has 1 unspecified atom stereocenters. The average Bonchev–Trinajstić information content (AvgIpc) is 2.78. The topological polar surface area (TPSA) is 48.8 Å². The summed E-state index contributed by atoms with van der Waals surface area (Å²) in [5, 5.41) is 12.6. The Balaban J connectivity index is 1.84. The molecule has 5 nitrogen and oxygen atoms in total. The number of ether oxygens (including phenoxy) is 1. The van der Waals surface area contributed by atoms with E-state index in [0.717, 1.165) is 40.1 Å². The normalized spacial score (nSPS) is 12.6. The lowest BCUT2D eigenvalue weighted by Crippen LogP contribution is -2.40. The molecule has 0 saturated heterocycles. The van der Waals surface area contributed by atoms with Crippen LogP contribution in [0.1, 0.15) is 25.0 Å². The Labute approximate surface area is 190 Å². The van der Waals surface area contributed by atoms with Gasteiger partial charge in [0.15, 0.2) is 0 Å².